The molecule has 1 saturated heterocycles. The Morgan fingerprint density at radius 2 is 2.53 bits per heavy atom. The molecule has 1 aliphatic rings. The van der Waals surface area contributed by atoms with Crippen LogP contribution in [-0.4, -0.2) is 50.2 Å². The van der Waals surface area contributed by atoms with E-state index < -0.39 is 0 Å². The van der Waals surface area contributed by atoms with Crippen molar-refractivity contribution in [3.8, 4) is 0 Å². The summed E-state index contributed by atoms with van der Waals surface area (Å²) in [6, 6.07) is 0.160. The van der Waals surface area contributed by atoms with Crippen LogP contribution in [0.5, 0.6) is 0 Å². The van der Waals surface area contributed by atoms with Gasteiger partial charge in [-0.1, -0.05) is 0 Å². The lowest BCUT2D eigenvalue weighted by Gasteiger charge is -2.15. The van der Waals surface area contributed by atoms with Crippen LogP contribution in [0.1, 0.15) is 6.42 Å². The number of thiazole rings is 1. The molecule has 1 N–H and O–H groups in total. The van der Waals surface area contributed by atoms with E-state index in [0.717, 1.165) is 24.6 Å². The van der Waals surface area contributed by atoms with Crippen molar-refractivity contribution in [2.45, 2.75) is 19.0 Å². The van der Waals surface area contributed by atoms with Crippen molar-refractivity contribution in [1.29, 1.82) is 0 Å². The van der Waals surface area contributed by atoms with E-state index in [1.807, 2.05) is 5.38 Å². The third-order valence-corrected chi connectivity index (χ3v) is 3.77. The molecule has 19 heavy (non-hydrogen) atoms. The van der Waals surface area contributed by atoms with Gasteiger partial charge in [-0.2, -0.15) is 0 Å². The van der Waals surface area contributed by atoms with Crippen LogP contribution in [0.4, 0.5) is 5.13 Å². The van der Waals surface area contributed by atoms with Gasteiger partial charge in [-0.25, -0.2) is 9.67 Å². The molecule has 0 aromatic carbocycles. The Bertz CT molecular complexity index is 526. The Hall–Kier alpha value is -2.03. The highest BCUT2D eigenvalue weighted by Crippen LogP contribution is 2.22. The lowest BCUT2D eigenvalue weighted by molar-refractivity contribution is -0.122. The first-order chi connectivity index (χ1) is 9.31. The van der Waals surface area contributed by atoms with Crippen molar-refractivity contribution in [3.63, 3.8) is 0 Å². The zero-order valence-electron chi connectivity index (χ0n) is 10.1. The van der Waals surface area contributed by atoms with Gasteiger partial charge in [0, 0.05) is 30.7 Å². The lowest BCUT2D eigenvalue weighted by Crippen LogP contribution is -2.39. The van der Waals surface area contributed by atoms with Crippen molar-refractivity contribution in [3.05, 3.63) is 17.9 Å². The summed E-state index contributed by atoms with van der Waals surface area (Å²) in [5.74, 6) is -0.0710. The second kappa shape index (κ2) is 5.31. The minimum Gasteiger partial charge on any atom is -0.350 e. The summed E-state index contributed by atoms with van der Waals surface area (Å²) in [6.45, 7) is 1.87. The Labute approximate surface area is 113 Å². The van der Waals surface area contributed by atoms with Crippen molar-refractivity contribution in [2.75, 3.05) is 18.0 Å². The Morgan fingerprint density at radius 1 is 1.58 bits per heavy atom. The number of nitrogens with one attached hydrogen (secondary N) is 1. The van der Waals surface area contributed by atoms with Crippen LogP contribution in [0.2, 0.25) is 0 Å². The summed E-state index contributed by atoms with van der Waals surface area (Å²) >= 11 is 1.62. The minimum absolute atomic E-state index is 0.0710. The molecule has 0 spiro atoms. The Morgan fingerprint density at radius 3 is 3.26 bits per heavy atom. The van der Waals surface area contributed by atoms with E-state index in [1.54, 1.807) is 17.5 Å². The fourth-order valence-electron chi connectivity index (χ4n) is 2.10. The monoisotopic (exact) mass is 279 g/mol. The SMILES string of the molecule is O=C(Cn1cnnn1)NC1CCN(c2nccs2)C1. The normalized spacial score (nSPS) is 18.7. The van der Waals surface area contributed by atoms with Gasteiger partial charge in [-0.05, 0) is 16.8 Å². The topological polar surface area (TPSA) is 88.8 Å². The van der Waals surface area contributed by atoms with E-state index in [4.69, 9.17) is 0 Å². The van der Waals surface area contributed by atoms with Crippen LogP contribution in [0.3, 0.4) is 0 Å². The zero-order chi connectivity index (χ0) is 13.1. The number of anilines is 1. The van der Waals surface area contributed by atoms with Gasteiger partial charge in [-0.15, -0.1) is 16.4 Å². The fourth-order valence-corrected chi connectivity index (χ4v) is 2.78. The van der Waals surface area contributed by atoms with Crippen molar-refractivity contribution < 1.29 is 4.79 Å². The average molecular weight is 279 g/mol. The quantitative estimate of drug-likeness (QED) is 0.813. The number of hydrogen-bond donors (Lipinski definition) is 1. The van der Waals surface area contributed by atoms with Crippen LogP contribution in [0.25, 0.3) is 0 Å². The molecule has 8 nitrogen and oxygen atoms in total. The van der Waals surface area contributed by atoms with Gasteiger partial charge in [0.2, 0.25) is 5.91 Å². The molecule has 0 bridgehead atoms. The highest BCUT2D eigenvalue weighted by molar-refractivity contribution is 7.13. The van der Waals surface area contributed by atoms with Crippen LogP contribution in [0, 0.1) is 0 Å². The highest BCUT2D eigenvalue weighted by atomic mass is 32.1. The number of tetrazole rings is 1. The van der Waals surface area contributed by atoms with Gasteiger partial charge in [-0.3, -0.25) is 4.79 Å². The van der Waals surface area contributed by atoms with Crippen LogP contribution < -0.4 is 10.2 Å². The number of hydrogen-bond acceptors (Lipinski definition) is 7. The maximum Gasteiger partial charge on any atom is 0.242 e. The summed E-state index contributed by atoms with van der Waals surface area (Å²) in [5.41, 5.74) is 0. The molecule has 9 heteroatoms. The largest absolute Gasteiger partial charge is 0.350 e. The van der Waals surface area contributed by atoms with E-state index in [1.165, 1.54) is 11.0 Å². The second-order valence-electron chi connectivity index (χ2n) is 4.32. The summed E-state index contributed by atoms with van der Waals surface area (Å²) in [4.78, 5) is 18.3. The van der Waals surface area contributed by atoms with Crippen molar-refractivity contribution in [2.24, 2.45) is 0 Å². The molecule has 2 aromatic heterocycles. The molecule has 1 aliphatic heterocycles. The molecule has 0 radical (unpaired) electrons. The Kier molecular flexibility index (Phi) is 3.36. The molecular formula is C10H13N7OS. The molecular weight excluding hydrogens is 266 g/mol. The third kappa shape index (κ3) is 2.87. The fraction of sp³-hybridized carbons (Fsp3) is 0.500. The van der Waals surface area contributed by atoms with Crippen LogP contribution >= 0.6 is 11.3 Å². The number of carbonyl (C=O) groups is 1. The standard InChI is InChI=1S/C10H13N7OS/c18-9(6-17-7-12-14-15-17)13-8-1-3-16(5-8)10-11-2-4-19-10/h2,4,7-8H,1,3,5-6H2,(H,13,18). The average Bonchev–Trinajstić information content (AvgIpc) is 3.09. The van der Waals surface area contributed by atoms with E-state index in [-0.39, 0.29) is 18.5 Å². The van der Waals surface area contributed by atoms with Crippen molar-refractivity contribution >= 4 is 22.4 Å². The second-order valence-corrected chi connectivity index (χ2v) is 5.19. The molecule has 1 atom stereocenters. The number of nitrogens with zero attached hydrogens (tertiary/aromatic N) is 6. The lowest BCUT2D eigenvalue weighted by atomic mass is 10.2. The minimum atomic E-state index is -0.0710. The summed E-state index contributed by atoms with van der Waals surface area (Å²) in [7, 11) is 0. The van der Waals surface area contributed by atoms with Crippen molar-refractivity contribution in [1.82, 2.24) is 30.5 Å². The first kappa shape index (κ1) is 12.0. The van der Waals surface area contributed by atoms with E-state index >= 15 is 0 Å². The third-order valence-electron chi connectivity index (χ3n) is 2.94. The molecule has 3 rings (SSSR count). The molecule has 3 heterocycles. The maximum absolute atomic E-state index is 11.8. The molecule has 1 fully saturated rings. The summed E-state index contributed by atoms with van der Waals surface area (Å²) in [6.07, 6.45) is 4.15. The summed E-state index contributed by atoms with van der Waals surface area (Å²) in [5, 5.41) is 16.6. The Balaban J connectivity index is 1.50. The van der Waals surface area contributed by atoms with Gasteiger partial charge < -0.3 is 10.2 Å². The van der Waals surface area contributed by atoms with Gasteiger partial charge >= 0.3 is 0 Å². The molecule has 2 aromatic rings. The number of rotatable bonds is 4. The molecule has 1 unspecified atom stereocenters. The van der Waals surface area contributed by atoms with Crippen LogP contribution in [-0.2, 0) is 11.3 Å². The predicted molar refractivity (Wildman–Crippen MR) is 68.7 cm³/mol. The van der Waals surface area contributed by atoms with Gasteiger partial charge in [0.25, 0.3) is 0 Å². The molecule has 1 amide bonds. The highest BCUT2D eigenvalue weighted by Gasteiger charge is 2.25. The predicted octanol–water partition coefficient (Wildman–Crippen LogP) is -0.475. The van der Waals surface area contributed by atoms with E-state index in [0.29, 0.717) is 0 Å². The smallest absolute Gasteiger partial charge is 0.242 e. The van der Waals surface area contributed by atoms with Gasteiger partial charge in [0.1, 0.15) is 12.9 Å². The van der Waals surface area contributed by atoms with Gasteiger partial charge in [0.15, 0.2) is 5.13 Å². The van der Waals surface area contributed by atoms with Crippen LogP contribution in [0.15, 0.2) is 17.9 Å². The zero-order valence-corrected chi connectivity index (χ0v) is 11.0. The maximum atomic E-state index is 11.8. The van der Waals surface area contributed by atoms with E-state index in [2.05, 4.69) is 30.7 Å². The molecule has 0 aliphatic carbocycles. The first-order valence-corrected chi connectivity index (χ1v) is 6.84. The first-order valence-electron chi connectivity index (χ1n) is 5.96. The number of carbonyl (C=O) groups excluding carboxylic acids is 1. The summed E-state index contributed by atoms with van der Waals surface area (Å²) < 4.78 is 1.41. The number of aromatic nitrogens is 5. The van der Waals surface area contributed by atoms with E-state index in [9.17, 15) is 4.79 Å². The number of amides is 1. The van der Waals surface area contributed by atoms with Gasteiger partial charge in [0.05, 0.1) is 0 Å². The molecule has 100 valence electrons. The molecule has 0 saturated carbocycles.